The van der Waals surface area contributed by atoms with Crippen molar-refractivity contribution in [2.24, 2.45) is 5.73 Å². The third-order valence-electron chi connectivity index (χ3n) is 2.52. The molecule has 3 heteroatoms. The molecule has 0 unspecified atom stereocenters. The average molecular weight is 202 g/mol. The number of hydrogen-bond donors (Lipinski definition) is 1. The molecule has 1 aromatic rings. The molecule has 72 valence electrons. The first kappa shape index (κ1) is 10.5. The van der Waals surface area contributed by atoms with Crippen LogP contribution in [0, 0.1) is 5.82 Å². The quantitative estimate of drug-likeness (QED) is 0.742. The zero-order valence-corrected chi connectivity index (χ0v) is 8.06. The van der Waals surface area contributed by atoms with Crippen molar-refractivity contribution < 1.29 is 4.39 Å². The second kappa shape index (κ2) is 4.07. The van der Waals surface area contributed by atoms with Crippen LogP contribution >= 0.6 is 12.4 Å². The van der Waals surface area contributed by atoms with Crippen LogP contribution in [0.3, 0.4) is 0 Å². The van der Waals surface area contributed by atoms with E-state index in [1.807, 2.05) is 12.1 Å². The lowest BCUT2D eigenvalue weighted by Crippen LogP contribution is -2.35. The Hall–Kier alpha value is -0.600. The number of nitrogens with two attached hydrogens (primary N) is 1. The minimum absolute atomic E-state index is 0. The maximum absolute atomic E-state index is 13.1. The van der Waals surface area contributed by atoms with Crippen molar-refractivity contribution >= 4 is 12.4 Å². The summed E-state index contributed by atoms with van der Waals surface area (Å²) in [6.45, 7) is 0. The molecule has 1 nitrogen and oxygen atoms in total. The largest absolute Gasteiger partial charge is 0.328 e. The van der Waals surface area contributed by atoms with Crippen LogP contribution in [0.1, 0.15) is 24.3 Å². The molecule has 1 fully saturated rings. The zero-order valence-electron chi connectivity index (χ0n) is 7.24. The summed E-state index contributed by atoms with van der Waals surface area (Å²) >= 11 is 0. The van der Waals surface area contributed by atoms with Crippen molar-refractivity contribution in [3.63, 3.8) is 0 Å². The van der Waals surface area contributed by atoms with Gasteiger partial charge in [0.15, 0.2) is 0 Å². The third-order valence-corrected chi connectivity index (χ3v) is 2.52. The van der Waals surface area contributed by atoms with E-state index in [0.717, 1.165) is 18.4 Å². The van der Waals surface area contributed by atoms with E-state index in [-0.39, 0.29) is 24.3 Å². The first-order valence-corrected chi connectivity index (χ1v) is 4.27. The smallest absolute Gasteiger partial charge is 0.126 e. The monoisotopic (exact) mass is 201 g/mol. The van der Waals surface area contributed by atoms with Crippen molar-refractivity contribution in [2.75, 3.05) is 0 Å². The number of halogens is 2. The van der Waals surface area contributed by atoms with Crippen molar-refractivity contribution in [1.82, 2.24) is 0 Å². The van der Waals surface area contributed by atoms with Gasteiger partial charge in [-0.2, -0.15) is 0 Å². The van der Waals surface area contributed by atoms with E-state index in [1.54, 1.807) is 6.07 Å². The molecule has 0 aromatic heterocycles. The van der Waals surface area contributed by atoms with E-state index < -0.39 is 0 Å². The van der Waals surface area contributed by atoms with Gasteiger partial charge < -0.3 is 5.73 Å². The number of hydrogen-bond acceptors (Lipinski definition) is 1. The highest BCUT2D eigenvalue weighted by atomic mass is 35.5. The predicted octanol–water partition coefficient (Wildman–Crippen LogP) is 2.45. The van der Waals surface area contributed by atoms with Gasteiger partial charge in [0.1, 0.15) is 5.82 Å². The molecular formula is C10H13ClFN. The molecule has 0 radical (unpaired) electrons. The van der Waals surface area contributed by atoms with Crippen LogP contribution in [0.4, 0.5) is 4.39 Å². The molecule has 1 aromatic carbocycles. The lowest BCUT2D eigenvalue weighted by molar-refractivity contribution is 0.342. The lowest BCUT2D eigenvalue weighted by Gasteiger charge is -2.32. The molecule has 0 bridgehead atoms. The first-order chi connectivity index (χ1) is 5.77. The fraction of sp³-hybridized carbons (Fsp3) is 0.400. The van der Waals surface area contributed by atoms with Crippen LogP contribution in [0.25, 0.3) is 0 Å². The molecule has 1 saturated carbocycles. The van der Waals surface area contributed by atoms with Gasteiger partial charge in [-0.25, -0.2) is 4.39 Å². The van der Waals surface area contributed by atoms with Crippen molar-refractivity contribution in [1.29, 1.82) is 0 Å². The van der Waals surface area contributed by atoms with E-state index in [1.165, 1.54) is 6.07 Å². The minimum Gasteiger partial charge on any atom is -0.328 e. The second-order valence-corrected chi connectivity index (χ2v) is 3.45. The Morgan fingerprint density at radius 1 is 1.23 bits per heavy atom. The Morgan fingerprint density at radius 3 is 2.38 bits per heavy atom. The molecule has 2 N–H and O–H groups in total. The Morgan fingerprint density at radius 2 is 1.85 bits per heavy atom. The highest BCUT2D eigenvalue weighted by molar-refractivity contribution is 5.85. The van der Waals surface area contributed by atoms with Crippen LogP contribution in [0.5, 0.6) is 0 Å². The van der Waals surface area contributed by atoms with E-state index >= 15 is 0 Å². The predicted molar refractivity (Wildman–Crippen MR) is 53.6 cm³/mol. The maximum Gasteiger partial charge on any atom is 0.126 e. The lowest BCUT2D eigenvalue weighted by atomic mass is 9.76. The molecule has 0 atom stereocenters. The van der Waals surface area contributed by atoms with Gasteiger partial charge in [-0.15, -0.1) is 12.4 Å². The Balaban J connectivity index is 0.000000845. The fourth-order valence-corrected chi connectivity index (χ4v) is 1.72. The minimum atomic E-state index is -0.0885. The highest BCUT2D eigenvalue weighted by Crippen LogP contribution is 2.36. The molecule has 1 aliphatic rings. The van der Waals surface area contributed by atoms with Gasteiger partial charge in [-0.05, 0) is 30.4 Å². The molecule has 2 rings (SSSR count). The summed E-state index contributed by atoms with van der Waals surface area (Å²) in [5.41, 5.74) is 6.47. The fourth-order valence-electron chi connectivity index (χ4n) is 1.72. The second-order valence-electron chi connectivity index (χ2n) is 3.45. The molecule has 0 saturated heterocycles. The van der Waals surface area contributed by atoms with Crippen molar-refractivity contribution in [3.05, 3.63) is 35.6 Å². The summed E-state index contributed by atoms with van der Waals surface area (Å²) in [6.07, 6.45) is 1.86. The molecule has 0 spiro atoms. The van der Waals surface area contributed by atoms with Crippen LogP contribution in [0.15, 0.2) is 24.3 Å². The summed E-state index contributed by atoms with van der Waals surface area (Å²) in [7, 11) is 0. The van der Waals surface area contributed by atoms with Gasteiger partial charge in [0.05, 0.1) is 0 Å². The molecule has 13 heavy (non-hydrogen) atoms. The normalized spacial score (nSPS) is 26.0. The molecule has 0 aliphatic heterocycles. The highest BCUT2D eigenvalue weighted by Gasteiger charge is 2.28. The average Bonchev–Trinajstić information content (AvgIpc) is 2.01. The molecule has 0 amide bonds. The Labute approximate surface area is 83.5 Å². The summed E-state index contributed by atoms with van der Waals surface area (Å²) in [6, 6.07) is 7.25. The van der Waals surface area contributed by atoms with Crippen molar-refractivity contribution in [3.8, 4) is 0 Å². The Bertz CT molecular complexity index is 284. The van der Waals surface area contributed by atoms with Gasteiger partial charge >= 0.3 is 0 Å². The van der Waals surface area contributed by atoms with E-state index in [4.69, 9.17) is 5.73 Å². The first-order valence-electron chi connectivity index (χ1n) is 4.27. The van der Waals surface area contributed by atoms with E-state index in [0.29, 0.717) is 5.92 Å². The van der Waals surface area contributed by atoms with Gasteiger partial charge in [-0.1, -0.05) is 18.2 Å². The van der Waals surface area contributed by atoms with Gasteiger partial charge in [-0.3, -0.25) is 0 Å². The summed E-state index contributed by atoms with van der Waals surface area (Å²) < 4.78 is 13.1. The van der Waals surface area contributed by atoms with Gasteiger partial charge in [0.2, 0.25) is 0 Å². The van der Waals surface area contributed by atoms with E-state index in [2.05, 4.69) is 0 Å². The topological polar surface area (TPSA) is 26.0 Å². The van der Waals surface area contributed by atoms with Crippen molar-refractivity contribution in [2.45, 2.75) is 24.8 Å². The van der Waals surface area contributed by atoms with Gasteiger partial charge in [0, 0.05) is 6.04 Å². The number of benzene rings is 1. The molecule has 0 heterocycles. The summed E-state index contributed by atoms with van der Waals surface area (Å²) in [4.78, 5) is 0. The van der Waals surface area contributed by atoms with Crippen LogP contribution in [-0.4, -0.2) is 6.04 Å². The Kier molecular flexibility index (Phi) is 3.28. The third kappa shape index (κ3) is 2.01. The zero-order chi connectivity index (χ0) is 8.55. The summed E-state index contributed by atoms with van der Waals surface area (Å²) in [5.74, 6) is 0.274. The van der Waals surface area contributed by atoms with Crippen LogP contribution in [-0.2, 0) is 0 Å². The van der Waals surface area contributed by atoms with Crippen LogP contribution in [0.2, 0.25) is 0 Å². The van der Waals surface area contributed by atoms with Crippen LogP contribution < -0.4 is 5.73 Å². The molecular weight excluding hydrogens is 189 g/mol. The van der Waals surface area contributed by atoms with Gasteiger partial charge in [0.25, 0.3) is 0 Å². The maximum atomic E-state index is 13.1. The standard InChI is InChI=1S/C10H12FN.ClH/c11-10-4-2-1-3-9(10)7-5-8(12)6-7;/h1-4,7-8H,5-6,12H2;1H. The summed E-state index contributed by atoms with van der Waals surface area (Å²) in [5, 5.41) is 0. The molecule has 1 aliphatic carbocycles. The number of rotatable bonds is 1. The van der Waals surface area contributed by atoms with E-state index in [9.17, 15) is 4.39 Å². The SMILES string of the molecule is Cl.NC1CC(c2ccccc2F)C1.